The Morgan fingerprint density at radius 3 is 2.26 bits per heavy atom. The minimum atomic E-state index is -0.824. The monoisotopic (exact) mass is 483 g/mol. The van der Waals surface area contributed by atoms with Gasteiger partial charge in [-0.25, -0.2) is 13.2 Å². The summed E-state index contributed by atoms with van der Waals surface area (Å²) in [4.78, 5) is 24.3. The lowest BCUT2D eigenvalue weighted by Crippen LogP contribution is -2.42. The van der Waals surface area contributed by atoms with Crippen LogP contribution in [0.5, 0.6) is 0 Å². The van der Waals surface area contributed by atoms with Crippen LogP contribution < -0.4 is 10.9 Å². The molecule has 1 aromatic heterocycles. The molecule has 0 saturated heterocycles. The third-order valence-electron chi connectivity index (χ3n) is 4.57. The molecule has 172 valence electrons. The second-order valence-corrected chi connectivity index (χ2v) is 7.84. The van der Waals surface area contributed by atoms with E-state index in [1.54, 1.807) is 24.3 Å². The normalized spacial score (nSPS) is 10.7. The predicted molar refractivity (Wildman–Crippen MR) is 119 cm³/mol. The van der Waals surface area contributed by atoms with Gasteiger partial charge in [-0.05, 0) is 36.4 Å². The van der Waals surface area contributed by atoms with E-state index in [4.69, 9.17) is 0 Å². The molecule has 0 atom stereocenters. The van der Waals surface area contributed by atoms with Crippen molar-refractivity contribution in [2.45, 2.75) is 5.16 Å². The molecule has 4 rings (SSSR count). The third-order valence-corrected chi connectivity index (χ3v) is 5.50. The number of carbonyl (C=O) groups excluding carboxylic acids is 2. The molecule has 0 fully saturated rings. The van der Waals surface area contributed by atoms with E-state index in [1.165, 1.54) is 22.8 Å². The zero-order chi connectivity index (χ0) is 24.1. The van der Waals surface area contributed by atoms with Crippen LogP contribution in [0, 0.1) is 17.5 Å². The number of carbonyl (C=O) groups is 2. The maximum absolute atomic E-state index is 14.6. The van der Waals surface area contributed by atoms with Crippen molar-refractivity contribution in [1.82, 2.24) is 25.6 Å². The van der Waals surface area contributed by atoms with Crippen molar-refractivity contribution >= 4 is 23.6 Å². The zero-order valence-corrected chi connectivity index (χ0v) is 18.2. The van der Waals surface area contributed by atoms with Crippen LogP contribution in [0.2, 0.25) is 0 Å². The fourth-order valence-electron chi connectivity index (χ4n) is 2.98. The summed E-state index contributed by atoms with van der Waals surface area (Å²) in [6.07, 6.45) is 0. The molecule has 1 heterocycles. The molecule has 7 nitrogen and oxygen atoms in total. The van der Waals surface area contributed by atoms with Crippen LogP contribution in [0.15, 0.2) is 78.0 Å². The van der Waals surface area contributed by atoms with E-state index in [1.807, 2.05) is 6.07 Å². The fourth-order valence-corrected chi connectivity index (χ4v) is 3.73. The number of rotatable bonds is 6. The minimum Gasteiger partial charge on any atom is -0.272 e. The molecular formula is C23H16F3N5O2S. The first-order valence-electron chi connectivity index (χ1n) is 9.86. The van der Waals surface area contributed by atoms with Crippen LogP contribution in [0.4, 0.5) is 13.2 Å². The lowest BCUT2D eigenvalue weighted by molar-refractivity contribution is -0.119. The standard InChI is InChI=1S/C23H16F3N5O2S/c24-16-8-6-15(7-9-16)22(33)29-27-20(32)13-34-23-30-28-21(14-4-2-1-3-5-14)31(23)19-11-10-17(25)12-18(19)26/h1-12H,13H2,(H,27,32)(H,29,33). The number of hydrogen-bond donors (Lipinski definition) is 2. The van der Waals surface area contributed by atoms with Gasteiger partial charge in [0.05, 0.1) is 11.4 Å². The average Bonchev–Trinajstić information content (AvgIpc) is 3.26. The summed E-state index contributed by atoms with van der Waals surface area (Å²) in [5.41, 5.74) is 5.29. The number of halogens is 3. The molecule has 11 heteroatoms. The highest BCUT2D eigenvalue weighted by Crippen LogP contribution is 2.29. The van der Waals surface area contributed by atoms with Crippen molar-refractivity contribution in [3.05, 3.63) is 95.8 Å². The molecule has 34 heavy (non-hydrogen) atoms. The Morgan fingerprint density at radius 2 is 1.56 bits per heavy atom. The molecule has 0 spiro atoms. The van der Waals surface area contributed by atoms with Crippen molar-refractivity contribution < 1.29 is 22.8 Å². The van der Waals surface area contributed by atoms with Gasteiger partial charge in [0.25, 0.3) is 5.91 Å². The van der Waals surface area contributed by atoms with Gasteiger partial charge in [0.1, 0.15) is 17.5 Å². The van der Waals surface area contributed by atoms with Crippen LogP contribution >= 0.6 is 11.8 Å². The van der Waals surface area contributed by atoms with E-state index in [0.717, 1.165) is 36.0 Å². The second kappa shape index (κ2) is 10.2. The SMILES string of the molecule is O=C(CSc1nnc(-c2ccccc2)n1-c1ccc(F)cc1F)NNC(=O)c1ccc(F)cc1. The summed E-state index contributed by atoms with van der Waals surface area (Å²) >= 11 is 0.944. The number of benzene rings is 3. The van der Waals surface area contributed by atoms with Gasteiger partial charge < -0.3 is 0 Å². The van der Waals surface area contributed by atoms with Crippen LogP contribution in [-0.4, -0.2) is 32.3 Å². The van der Waals surface area contributed by atoms with Crippen molar-refractivity contribution in [3.63, 3.8) is 0 Å². The Balaban J connectivity index is 1.50. The molecule has 0 bridgehead atoms. The molecule has 0 aliphatic heterocycles. The number of hydrogen-bond acceptors (Lipinski definition) is 5. The fraction of sp³-hybridized carbons (Fsp3) is 0.0435. The van der Waals surface area contributed by atoms with Crippen molar-refractivity contribution in [2.75, 3.05) is 5.75 Å². The Labute approximate surface area is 196 Å². The smallest absolute Gasteiger partial charge is 0.269 e. The molecule has 2 amide bonds. The predicted octanol–water partition coefficient (Wildman–Crippen LogP) is 3.90. The molecule has 0 aliphatic rings. The molecule has 4 aromatic rings. The zero-order valence-electron chi connectivity index (χ0n) is 17.3. The topological polar surface area (TPSA) is 88.9 Å². The Bertz CT molecular complexity index is 1330. The molecular weight excluding hydrogens is 467 g/mol. The molecule has 0 aliphatic carbocycles. The number of nitrogens with one attached hydrogen (secondary N) is 2. The average molecular weight is 483 g/mol. The largest absolute Gasteiger partial charge is 0.272 e. The first-order chi connectivity index (χ1) is 16.4. The van der Waals surface area contributed by atoms with Crippen molar-refractivity contribution in [3.8, 4) is 17.1 Å². The highest BCUT2D eigenvalue weighted by molar-refractivity contribution is 7.99. The lowest BCUT2D eigenvalue weighted by atomic mass is 10.2. The summed E-state index contributed by atoms with van der Waals surface area (Å²) in [6.45, 7) is 0. The van der Waals surface area contributed by atoms with Gasteiger partial charge >= 0.3 is 0 Å². The van der Waals surface area contributed by atoms with E-state index >= 15 is 0 Å². The Kier molecular flexibility index (Phi) is 6.93. The van der Waals surface area contributed by atoms with Gasteiger partial charge in [0, 0.05) is 17.2 Å². The molecule has 0 unspecified atom stereocenters. The van der Waals surface area contributed by atoms with Gasteiger partial charge in [-0.15, -0.1) is 10.2 Å². The van der Waals surface area contributed by atoms with Gasteiger partial charge in [-0.1, -0.05) is 42.1 Å². The Morgan fingerprint density at radius 1 is 0.853 bits per heavy atom. The number of aromatic nitrogens is 3. The van der Waals surface area contributed by atoms with Gasteiger partial charge in [-0.3, -0.25) is 25.0 Å². The van der Waals surface area contributed by atoms with Crippen LogP contribution in [0.3, 0.4) is 0 Å². The van der Waals surface area contributed by atoms with E-state index < -0.39 is 29.3 Å². The van der Waals surface area contributed by atoms with E-state index in [9.17, 15) is 22.8 Å². The molecule has 2 N–H and O–H groups in total. The van der Waals surface area contributed by atoms with Crippen LogP contribution in [-0.2, 0) is 4.79 Å². The quantitative estimate of drug-likeness (QED) is 0.321. The van der Waals surface area contributed by atoms with E-state index in [2.05, 4.69) is 21.0 Å². The number of nitrogens with zero attached hydrogens (tertiary/aromatic N) is 3. The van der Waals surface area contributed by atoms with Crippen LogP contribution in [0.25, 0.3) is 17.1 Å². The third kappa shape index (κ3) is 5.26. The first-order valence-corrected chi connectivity index (χ1v) is 10.8. The number of amides is 2. The number of thioether (sulfide) groups is 1. The highest BCUT2D eigenvalue weighted by Gasteiger charge is 2.20. The van der Waals surface area contributed by atoms with Gasteiger partial charge in [0.2, 0.25) is 5.91 Å². The summed E-state index contributed by atoms with van der Waals surface area (Å²) in [6, 6.07) is 16.8. The maximum Gasteiger partial charge on any atom is 0.269 e. The van der Waals surface area contributed by atoms with Gasteiger partial charge in [-0.2, -0.15) is 0 Å². The molecule has 0 radical (unpaired) electrons. The summed E-state index contributed by atoms with van der Waals surface area (Å²) in [5.74, 6) is -3.14. The lowest BCUT2D eigenvalue weighted by Gasteiger charge is -2.12. The number of hydrazine groups is 1. The maximum atomic E-state index is 14.6. The van der Waals surface area contributed by atoms with E-state index in [-0.39, 0.29) is 22.2 Å². The van der Waals surface area contributed by atoms with Gasteiger partial charge in [0.15, 0.2) is 11.0 Å². The molecule has 0 saturated carbocycles. The second-order valence-electron chi connectivity index (χ2n) is 6.90. The van der Waals surface area contributed by atoms with E-state index in [0.29, 0.717) is 11.4 Å². The minimum absolute atomic E-state index is 0.0118. The van der Waals surface area contributed by atoms with Crippen LogP contribution in [0.1, 0.15) is 10.4 Å². The summed E-state index contributed by atoms with van der Waals surface area (Å²) < 4.78 is 42.4. The van der Waals surface area contributed by atoms with Crippen molar-refractivity contribution in [2.24, 2.45) is 0 Å². The first kappa shape index (κ1) is 23.1. The highest BCUT2D eigenvalue weighted by atomic mass is 32.2. The molecule has 3 aromatic carbocycles. The summed E-state index contributed by atoms with van der Waals surface area (Å²) in [5, 5.41) is 8.38. The Hall–Kier alpha value is -4.12. The summed E-state index contributed by atoms with van der Waals surface area (Å²) in [7, 11) is 0. The van der Waals surface area contributed by atoms with Crippen molar-refractivity contribution in [1.29, 1.82) is 0 Å².